The molecule has 0 radical (unpaired) electrons. The Hall–Kier alpha value is -1.40. The van der Waals surface area contributed by atoms with Crippen molar-refractivity contribution in [3.63, 3.8) is 0 Å². The molecule has 8 atom stereocenters. The molecule has 1 amide bonds. The molecule has 3 saturated carbocycles. The number of ether oxygens (including phenoxy) is 2. The van der Waals surface area contributed by atoms with E-state index in [2.05, 4.69) is 26.8 Å². The van der Waals surface area contributed by atoms with Crippen LogP contribution in [0.5, 0.6) is 0 Å². The number of esters is 1. The van der Waals surface area contributed by atoms with Gasteiger partial charge in [-0.3, -0.25) is 9.63 Å². The minimum atomic E-state index is -0.475. The van der Waals surface area contributed by atoms with Crippen LogP contribution in [0.25, 0.3) is 0 Å². The summed E-state index contributed by atoms with van der Waals surface area (Å²) in [6.45, 7) is 13.2. The molecule has 0 N–H and O–H groups in total. The number of carbonyl (C=O) groups is 2. The van der Waals surface area contributed by atoms with Gasteiger partial charge in [0.05, 0.1) is 13.2 Å². The highest BCUT2D eigenvalue weighted by molar-refractivity contribution is 5.74. The zero-order chi connectivity index (χ0) is 27.9. The molecule has 4 unspecified atom stereocenters. The van der Waals surface area contributed by atoms with Crippen molar-refractivity contribution in [2.24, 2.45) is 40.4 Å². The molecule has 0 aromatic rings. The smallest absolute Gasteiger partial charge is 0.332 e. The van der Waals surface area contributed by atoms with Crippen LogP contribution in [0, 0.1) is 40.4 Å². The monoisotopic (exact) mass is 531 g/mol. The summed E-state index contributed by atoms with van der Waals surface area (Å²) >= 11 is 0. The fourth-order valence-corrected chi connectivity index (χ4v) is 9.11. The molecule has 216 valence electrons. The predicted molar refractivity (Wildman–Crippen MR) is 149 cm³/mol. The number of hydrogen-bond acceptors (Lipinski definition) is 5. The molecule has 0 heterocycles. The summed E-state index contributed by atoms with van der Waals surface area (Å²) in [4.78, 5) is 29.6. The number of allylic oxidation sites excluding steroid dienone is 1. The molecule has 0 saturated heterocycles. The number of amides is 1. The Morgan fingerprint density at radius 3 is 2.53 bits per heavy atom. The van der Waals surface area contributed by atoms with Gasteiger partial charge < -0.3 is 9.47 Å². The normalized spacial score (nSPS) is 37.4. The molecular weight excluding hydrogens is 478 g/mol. The van der Waals surface area contributed by atoms with Crippen LogP contribution in [0.2, 0.25) is 0 Å². The highest BCUT2D eigenvalue weighted by Gasteiger charge is 2.59. The van der Waals surface area contributed by atoms with Crippen LogP contribution in [-0.2, 0) is 23.9 Å². The molecule has 4 rings (SSSR count). The second kappa shape index (κ2) is 11.2. The Morgan fingerprint density at radius 2 is 1.84 bits per heavy atom. The van der Waals surface area contributed by atoms with E-state index in [0.717, 1.165) is 43.4 Å². The number of rotatable bonds is 8. The molecule has 6 nitrogen and oxygen atoms in total. The summed E-state index contributed by atoms with van der Waals surface area (Å²) in [6.07, 6.45) is 13.7. The molecule has 0 aliphatic heterocycles. The Kier molecular flexibility index (Phi) is 8.74. The van der Waals surface area contributed by atoms with Crippen LogP contribution in [0.4, 0.5) is 0 Å². The molecule has 0 bridgehead atoms. The van der Waals surface area contributed by atoms with Crippen LogP contribution in [0.3, 0.4) is 0 Å². The van der Waals surface area contributed by atoms with Gasteiger partial charge in [-0.15, -0.1) is 0 Å². The van der Waals surface area contributed by atoms with Crippen LogP contribution in [0.1, 0.15) is 106 Å². The third-order valence-corrected chi connectivity index (χ3v) is 11.1. The first-order valence-electron chi connectivity index (χ1n) is 15.1. The van der Waals surface area contributed by atoms with Crippen LogP contribution in [-0.4, -0.2) is 49.4 Å². The maximum Gasteiger partial charge on any atom is 0.332 e. The molecular formula is C32H53NO5. The highest BCUT2D eigenvalue weighted by atomic mass is 16.7. The fourth-order valence-electron chi connectivity index (χ4n) is 9.11. The summed E-state index contributed by atoms with van der Waals surface area (Å²) in [7, 11) is 3.25. The lowest BCUT2D eigenvalue weighted by atomic mass is 9.47. The zero-order valence-corrected chi connectivity index (χ0v) is 25.3. The first-order valence-corrected chi connectivity index (χ1v) is 15.1. The van der Waals surface area contributed by atoms with E-state index in [-0.39, 0.29) is 30.0 Å². The summed E-state index contributed by atoms with van der Waals surface area (Å²) in [5, 5.41) is 1.36. The molecule has 3 fully saturated rings. The zero-order valence-electron chi connectivity index (χ0n) is 25.3. The van der Waals surface area contributed by atoms with E-state index >= 15 is 0 Å². The van der Waals surface area contributed by atoms with Gasteiger partial charge in [0.15, 0.2) is 0 Å². The van der Waals surface area contributed by atoms with Gasteiger partial charge in [-0.2, -0.15) is 0 Å². The largest absolute Gasteiger partial charge is 0.458 e. The van der Waals surface area contributed by atoms with Gasteiger partial charge in [0.1, 0.15) is 12.2 Å². The van der Waals surface area contributed by atoms with Crippen molar-refractivity contribution < 1.29 is 23.9 Å². The maximum absolute atomic E-state index is 12.3. The van der Waals surface area contributed by atoms with Crippen molar-refractivity contribution in [3.8, 4) is 0 Å². The van der Waals surface area contributed by atoms with E-state index < -0.39 is 5.60 Å². The summed E-state index contributed by atoms with van der Waals surface area (Å²) in [6, 6.07) is 0. The van der Waals surface area contributed by atoms with Gasteiger partial charge in [0.2, 0.25) is 5.91 Å². The lowest BCUT2D eigenvalue weighted by Crippen LogP contribution is -2.51. The molecule has 4 aliphatic rings. The minimum Gasteiger partial charge on any atom is -0.458 e. The molecule has 38 heavy (non-hydrogen) atoms. The van der Waals surface area contributed by atoms with E-state index in [1.807, 2.05) is 20.8 Å². The molecule has 0 spiro atoms. The van der Waals surface area contributed by atoms with Crippen LogP contribution >= 0.6 is 0 Å². The Balaban J connectivity index is 1.38. The number of hydroxylamine groups is 2. The highest BCUT2D eigenvalue weighted by Crippen LogP contribution is 2.67. The van der Waals surface area contributed by atoms with Crippen molar-refractivity contribution in [1.82, 2.24) is 5.06 Å². The Labute approximate surface area is 231 Å². The Morgan fingerprint density at radius 1 is 1.11 bits per heavy atom. The molecule has 0 aromatic heterocycles. The topological polar surface area (TPSA) is 65.1 Å². The van der Waals surface area contributed by atoms with Crippen molar-refractivity contribution >= 4 is 11.9 Å². The lowest BCUT2D eigenvalue weighted by Gasteiger charge is -2.58. The van der Waals surface area contributed by atoms with E-state index in [0.29, 0.717) is 23.7 Å². The van der Waals surface area contributed by atoms with E-state index in [1.165, 1.54) is 37.2 Å². The SMILES string of the molecule is CON(C)C(=O)CC[C@@H](C)C1CCC2C3CC=C4C[C@@H](OCC(=O)OC(C)(C)C)CC[C@]4(C)C3CC[C@@]21C. The third-order valence-electron chi connectivity index (χ3n) is 11.1. The average molecular weight is 532 g/mol. The molecule has 6 heteroatoms. The molecule has 0 aromatic carbocycles. The van der Waals surface area contributed by atoms with Crippen molar-refractivity contribution in [1.29, 1.82) is 0 Å². The summed E-state index contributed by atoms with van der Waals surface area (Å²) in [5.41, 5.74) is 1.74. The second-order valence-corrected chi connectivity index (χ2v) is 14.3. The van der Waals surface area contributed by atoms with Gasteiger partial charge in [0, 0.05) is 13.5 Å². The number of nitrogens with zero attached hydrogens (tertiary/aromatic N) is 1. The van der Waals surface area contributed by atoms with Gasteiger partial charge >= 0.3 is 5.97 Å². The van der Waals surface area contributed by atoms with Crippen molar-refractivity contribution in [2.45, 2.75) is 117 Å². The van der Waals surface area contributed by atoms with Crippen molar-refractivity contribution in [2.75, 3.05) is 20.8 Å². The summed E-state index contributed by atoms with van der Waals surface area (Å²) in [5.74, 6) is 3.35. The summed E-state index contributed by atoms with van der Waals surface area (Å²) < 4.78 is 11.5. The van der Waals surface area contributed by atoms with E-state index in [1.54, 1.807) is 19.7 Å². The second-order valence-electron chi connectivity index (χ2n) is 14.3. The van der Waals surface area contributed by atoms with Crippen molar-refractivity contribution in [3.05, 3.63) is 11.6 Å². The third kappa shape index (κ3) is 5.87. The van der Waals surface area contributed by atoms with E-state index in [9.17, 15) is 9.59 Å². The number of hydrogen-bond donors (Lipinski definition) is 0. The van der Waals surface area contributed by atoms with E-state index in [4.69, 9.17) is 14.3 Å². The quantitative estimate of drug-likeness (QED) is 0.197. The van der Waals surface area contributed by atoms with Crippen LogP contribution < -0.4 is 0 Å². The maximum atomic E-state index is 12.3. The fraction of sp³-hybridized carbons (Fsp3) is 0.875. The van der Waals surface area contributed by atoms with Gasteiger partial charge in [0.25, 0.3) is 0 Å². The Bertz CT molecular complexity index is 908. The standard InChI is InChI=1S/C32H53NO5/c1-21(9-14-28(34)33(7)36-8)25-12-13-26-24-11-10-22-19-23(37-20-29(35)38-30(2,3)4)15-17-31(22,5)27(24)16-18-32(25,26)6/h10,21,23-27H,9,11-20H2,1-8H3/t21-,23+,24?,25?,26?,27?,31+,32-/m1/s1. The lowest BCUT2D eigenvalue weighted by molar-refractivity contribution is -0.169. The first kappa shape index (κ1) is 29.6. The van der Waals surface area contributed by atoms with Gasteiger partial charge in [-0.25, -0.2) is 9.86 Å². The molecule has 4 aliphatic carbocycles. The minimum absolute atomic E-state index is 0.0470. The van der Waals surface area contributed by atoms with Gasteiger partial charge in [-0.1, -0.05) is 32.4 Å². The predicted octanol–water partition coefficient (Wildman–Crippen LogP) is 6.73. The average Bonchev–Trinajstić information content (AvgIpc) is 3.21. The first-order chi connectivity index (χ1) is 17.8. The number of carbonyl (C=O) groups excluding carboxylic acids is 2. The number of fused-ring (bicyclic) bond motifs is 5. The van der Waals surface area contributed by atoms with Gasteiger partial charge in [-0.05, 0) is 119 Å². The van der Waals surface area contributed by atoms with Crippen LogP contribution in [0.15, 0.2) is 11.6 Å².